The van der Waals surface area contributed by atoms with Gasteiger partial charge in [0.1, 0.15) is 56.8 Å². The van der Waals surface area contributed by atoms with Crippen LogP contribution in [-0.2, 0) is 0 Å². The van der Waals surface area contributed by atoms with E-state index >= 15 is 0 Å². The van der Waals surface area contributed by atoms with Crippen LogP contribution < -0.4 is 0 Å². The highest BCUT2D eigenvalue weighted by molar-refractivity contribution is 6.26. The molecule has 0 unspecified atom stereocenters. The fraction of sp³-hybridized carbons (Fsp3) is 0. The Morgan fingerprint density at radius 3 is 1.18 bits per heavy atom. The van der Waals surface area contributed by atoms with E-state index in [-0.39, 0.29) is 11.1 Å². The summed E-state index contributed by atoms with van der Waals surface area (Å²) in [7, 11) is 0. The molecule has 11 aromatic carbocycles. The number of para-hydroxylation sites is 4. The first kappa shape index (κ1) is 40.8. The Hall–Kier alpha value is -10.8. The topological polar surface area (TPSA) is 110 Å². The van der Waals surface area contributed by atoms with Crippen molar-refractivity contribution in [2.75, 3.05) is 0 Å². The molecule has 0 aliphatic carbocycles. The number of fused-ring (bicyclic) bond motifs is 20. The molecule has 0 saturated carbocycles. The van der Waals surface area contributed by atoms with Crippen LogP contribution >= 0.6 is 0 Å². The molecule has 0 aliphatic rings. The molecular weight excluding hydrogens is 937 g/mol. The molecule has 17 rings (SSSR count). The van der Waals surface area contributed by atoms with Gasteiger partial charge in [-0.25, -0.2) is 0 Å². The maximum absolute atomic E-state index is 11.2. The second-order valence-electron chi connectivity index (χ2n) is 19.7. The van der Waals surface area contributed by atoms with Gasteiger partial charge in [0.15, 0.2) is 0 Å². The molecule has 6 heterocycles. The second-order valence-corrected chi connectivity index (χ2v) is 19.7. The van der Waals surface area contributed by atoms with Gasteiger partial charge in [0.05, 0.1) is 49.7 Å². The second kappa shape index (κ2) is 14.9. The van der Waals surface area contributed by atoms with Crippen molar-refractivity contribution in [3.05, 3.63) is 217 Å². The fourth-order valence-electron chi connectivity index (χ4n) is 12.4. The van der Waals surface area contributed by atoms with Crippen molar-refractivity contribution >= 4 is 131 Å². The zero-order valence-electron chi connectivity index (χ0n) is 40.1. The lowest BCUT2D eigenvalue weighted by Gasteiger charge is -2.16. The quantitative estimate of drug-likeness (QED) is 0.174. The highest BCUT2D eigenvalue weighted by Crippen LogP contribution is 2.46. The Morgan fingerprint density at radius 1 is 0.303 bits per heavy atom. The van der Waals surface area contributed by atoms with E-state index in [1.165, 1.54) is 0 Å². The van der Waals surface area contributed by atoms with Crippen molar-refractivity contribution in [2.24, 2.45) is 0 Å². The standard InChI is InChI=1S/C68H34N4O4/c69-35-41-29-42(71-54-23-17-37(39-19-27-63-49(30-39)45-11-3-5-13-59(45)73-63)32-51(54)65-56(71)25-21-47-43-9-1-7-15-61(43)75-67(47)65)34-58(53(41)36-70)72-55-24-18-38(40-20-28-64-50(31-40)46-12-4-6-14-60(46)74-64)33-52(55)66-57(72)26-22-48-44-10-2-8-16-62(44)76-68(48)66/h1-34H. The van der Waals surface area contributed by atoms with E-state index in [0.29, 0.717) is 5.69 Å². The molecule has 0 spiro atoms. The van der Waals surface area contributed by atoms with Crippen LogP contribution in [0, 0.1) is 22.7 Å². The highest BCUT2D eigenvalue weighted by atomic mass is 16.3. The van der Waals surface area contributed by atoms with Crippen molar-refractivity contribution in [3.63, 3.8) is 0 Å². The summed E-state index contributed by atoms with van der Waals surface area (Å²) in [6, 6.07) is 75.6. The van der Waals surface area contributed by atoms with Gasteiger partial charge in [-0.2, -0.15) is 10.5 Å². The lowest BCUT2D eigenvalue weighted by atomic mass is 10.00. The molecular formula is C68H34N4O4. The van der Waals surface area contributed by atoms with Crippen molar-refractivity contribution in [2.45, 2.75) is 0 Å². The van der Waals surface area contributed by atoms with Crippen molar-refractivity contribution in [1.82, 2.24) is 9.13 Å². The van der Waals surface area contributed by atoms with Gasteiger partial charge in [0.2, 0.25) is 0 Å². The average molecular weight is 971 g/mol. The number of nitriles is 2. The van der Waals surface area contributed by atoms with Crippen LogP contribution in [0.5, 0.6) is 0 Å². The van der Waals surface area contributed by atoms with Gasteiger partial charge in [0.25, 0.3) is 0 Å². The molecule has 0 fully saturated rings. The molecule has 0 radical (unpaired) electrons. The fourth-order valence-corrected chi connectivity index (χ4v) is 12.4. The van der Waals surface area contributed by atoms with Gasteiger partial charge >= 0.3 is 0 Å². The number of aromatic nitrogens is 2. The smallest absolute Gasteiger partial charge is 0.145 e. The normalized spacial score (nSPS) is 12.2. The monoisotopic (exact) mass is 970 g/mol. The Labute approximate surface area is 429 Å². The molecule has 0 saturated heterocycles. The minimum atomic E-state index is 0.254. The lowest BCUT2D eigenvalue weighted by molar-refractivity contribution is 0.668. The number of furan rings is 4. The SMILES string of the molecule is N#Cc1cc(-n2c3ccc(-c4ccc5oc6ccccc6c5c4)cc3c3c4oc5ccccc5c4ccc32)cc(-n2c3ccc(-c4ccc5oc6ccccc6c5c4)cc3c3c4oc5ccccc5c4ccc32)c1C#N. The van der Waals surface area contributed by atoms with E-state index in [9.17, 15) is 10.5 Å². The van der Waals surface area contributed by atoms with Gasteiger partial charge in [-0.3, -0.25) is 0 Å². The highest BCUT2D eigenvalue weighted by Gasteiger charge is 2.26. The Kier molecular flexibility index (Phi) is 7.99. The summed E-state index contributed by atoms with van der Waals surface area (Å²) in [5, 5.41) is 34.4. The molecule has 17 aromatic rings. The molecule has 76 heavy (non-hydrogen) atoms. The number of nitrogens with zero attached hydrogens (tertiary/aromatic N) is 4. The summed E-state index contributed by atoms with van der Waals surface area (Å²) >= 11 is 0. The van der Waals surface area contributed by atoms with Gasteiger partial charge in [-0.15, -0.1) is 0 Å². The van der Waals surface area contributed by atoms with Gasteiger partial charge in [-0.05, 0) is 131 Å². The Bertz CT molecular complexity index is 5520. The molecule has 0 N–H and O–H groups in total. The predicted molar refractivity (Wildman–Crippen MR) is 305 cm³/mol. The largest absolute Gasteiger partial charge is 0.456 e. The summed E-state index contributed by atoms with van der Waals surface area (Å²) in [5.74, 6) is 0. The minimum absolute atomic E-state index is 0.254. The lowest BCUT2D eigenvalue weighted by Crippen LogP contribution is -2.04. The first-order chi connectivity index (χ1) is 37.6. The molecule has 8 heteroatoms. The summed E-state index contributed by atoms with van der Waals surface area (Å²) < 4.78 is 30.4. The zero-order valence-corrected chi connectivity index (χ0v) is 40.1. The van der Waals surface area contributed by atoms with Crippen LogP contribution in [0.2, 0.25) is 0 Å². The third-order valence-electron chi connectivity index (χ3n) is 15.8. The van der Waals surface area contributed by atoms with E-state index in [0.717, 1.165) is 159 Å². The molecule has 6 aromatic heterocycles. The van der Waals surface area contributed by atoms with Gasteiger partial charge in [0, 0.05) is 59.5 Å². The van der Waals surface area contributed by atoms with Crippen LogP contribution in [0.1, 0.15) is 11.1 Å². The third kappa shape index (κ3) is 5.48. The maximum atomic E-state index is 11.2. The van der Waals surface area contributed by atoms with Crippen LogP contribution in [0.3, 0.4) is 0 Å². The van der Waals surface area contributed by atoms with E-state index < -0.39 is 0 Å². The van der Waals surface area contributed by atoms with E-state index in [1.54, 1.807) is 0 Å². The van der Waals surface area contributed by atoms with E-state index in [4.69, 9.17) is 17.7 Å². The molecule has 8 nitrogen and oxygen atoms in total. The molecule has 0 atom stereocenters. The zero-order chi connectivity index (χ0) is 49.9. The van der Waals surface area contributed by atoms with Crippen molar-refractivity contribution in [1.29, 1.82) is 10.5 Å². The van der Waals surface area contributed by atoms with Crippen molar-refractivity contribution < 1.29 is 17.7 Å². The van der Waals surface area contributed by atoms with Crippen LogP contribution in [0.25, 0.3) is 165 Å². The van der Waals surface area contributed by atoms with Crippen LogP contribution in [0.15, 0.2) is 224 Å². The number of hydrogen-bond acceptors (Lipinski definition) is 6. The third-order valence-corrected chi connectivity index (χ3v) is 15.8. The first-order valence-corrected chi connectivity index (χ1v) is 25.2. The number of benzene rings is 11. The van der Waals surface area contributed by atoms with Crippen molar-refractivity contribution in [3.8, 4) is 45.8 Å². The summed E-state index contributed by atoms with van der Waals surface area (Å²) in [4.78, 5) is 0. The first-order valence-electron chi connectivity index (χ1n) is 25.2. The number of hydrogen-bond donors (Lipinski definition) is 0. The number of rotatable bonds is 4. The Morgan fingerprint density at radius 2 is 0.697 bits per heavy atom. The molecule has 350 valence electrons. The average Bonchev–Trinajstić information content (AvgIpc) is 4.35. The van der Waals surface area contributed by atoms with E-state index in [2.05, 4.69) is 137 Å². The molecule has 0 bridgehead atoms. The summed E-state index contributed by atoms with van der Waals surface area (Å²) in [5.41, 5.74) is 15.9. The van der Waals surface area contributed by atoms with Gasteiger partial charge < -0.3 is 26.8 Å². The summed E-state index contributed by atoms with van der Waals surface area (Å²) in [6.07, 6.45) is 0. The molecule has 0 aliphatic heterocycles. The van der Waals surface area contributed by atoms with E-state index in [1.807, 2.05) is 91.0 Å². The molecule has 0 amide bonds. The maximum Gasteiger partial charge on any atom is 0.145 e. The van der Waals surface area contributed by atoms with Crippen LogP contribution in [-0.4, -0.2) is 9.13 Å². The Balaban J connectivity index is 0.937. The predicted octanol–water partition coefficient (Wildman–Crippen LogP) is 18.6. The minimum Gasteiger partial charge on any atom is -0.456 e. The van der Waals surface area contributed by atoms with Gasteiger partial charge in [-0.1, -0.05) is 97.1 Å². The summed E-state index contributed by atoms with van der Waals surface area (Å²) in [6.45, 7) is 0. The van der Waals surface area contributed by atoms with Crippen LogP contribution in [0.4, 0.5) is 0 Å².